The molecule has 2 heterocycles. The summed E-state index contributed by atoms with van der Waals surface area (Å²) in [7, 11) is 1.42. The van der Waals surface area contributed by atoms with E-state index in [1.165, 1.54) is 7.11 Å². The Bertz CT molecular complexity index is 885. The number of methoxy groups -OCH3 is 1. The Labute approximate surface area is 146 Å². The molecule has 0 spiro atoms. The number of hydrogen-bond acceptors (Lipinski definition) is 5. The molecule has 1 aliphatic carbocycles. The molecular formula is C19H22N2O4. The fourth-order valence-corrected chi connectivity index (χ4v) is 4.88. The predicted molar refractivity (Wildman–Crippen MR) is 91.0 cm³/mol. The average molecular weight is 342 g/mol. The topological polar surface area (TPSA) is 72.6 Å². The first kappa shape index (κ1) is 16.1. The average Bonchev–Trinajstić information content (AvgIpc) is 3.10. The smallest absolute Gasteiger partial charge is 0.314 e. The summed E-state index contributed by atoms with van der Waals surface area (Å²) in [5.41, 5.74) is 1.38. The van der Waals surface area contributed by atoms with Gasteiger partial charge >= 0.3 is 5.97 Å². The van der Waals surface area contributed by atoms with Crippen molar-refractivity contribution < 1.29 is 18.7 Å². The van der Waals surface area contributed by atoms with Crippen molar-refractivity contribution in [1.82, 2.24) is 9.88 Å². The highest BCUT2D eigenvalue weighted by molar-refractivity contribution is 5.98. The molecular weight excluding hydrogens is 320 g/mol. The van der Waals surface area contributed by atoms with Crippen LogP contribution in [0, 0.1) is 23.7 Å². The molecule has 4 rings (SSSR count). The molecule has 25 heavy (non-hydrogen) atoms. The van der Waals surface area contributed by atoms with E-state index in [0.717, 1.165) is 11.9 Å². The lowest BCUT2D eigenvalue weighted by Gasteiger charge is -2.54. The molecule has 2 aromatic rings. The van der Waals surface area contributed by atoms with Gasteiger partial charge in [-0.3, -0.25) is 9.59 Å². The zero-order chi connectivity index (χ0) is 18.0. The van der Waals surface area contributed by atoms with Gasteiger partial charge in [0.05, 0.1) is 12.5 Å². The third-order valence-corrected chi connectivity index (χ3v) is 5.88. The third-order valence-electron chi connectivity index (χ3n) is 5.88. The fourth-order valence-electron chi connectivity index (χ4n) is 4.88. The maximum atomic E-state index is 13.0. The normalized spacial score (nSPS) is 27.0. The lowest BCUT2D eigenvalue weighted by atomic mass is 9.48. The van der Waals surface area contributed by atoms with Gasteiger partial charge in [0.1, 0.15) is 5.52 Å². The molecule has 1 saturated carbocycles. The van der Waals surface area contributed by atoms with Crippen LogP contribution in [0.1, 0.15) is 36.5 Å². The minimum atomic E-state index is -0.555. The van der Waals surface area contributed by atoms with Gasteiger partial charge in [-0.05, 0) is 36.0 Å². The van der Waals surface area contributed by atoms with Gasteiger partial charge in [0.25, 0.3) is 5.91 Å². The number of hydrogen-bond donors (Lipinski definition) is 0. The summed E-state index contributed by atoms with van der Waals surface area (Å²) in [5.74, 6) is 0.427. The molecule has 2 atom stereocenters. The van der Waals surface area contributed by atoms with Crippen molar-refractivity contribution >= 4 is 23.0 Å². The summed E-state index contributed by atoms with van der Waals surface area (Å²) in [6, 6.07) is 5.29. The van der Waals surface area contributed by atoms with Gasteiger partial charge in [0.15, 0.2) is 11.5 Å². The molecule has 2 fully saturated rings. The quantitative estimate of drug-likeness (QED) is 0.785. The zero-order valence-corrected chi connectivity index (χ0v) is 15.0. The van der Waals surface area contributed by atoms with Crippen LogP contribution in [-0.2, 0) is 9.53 Å². The molecule has 6 heteroatoms. The number of carbonyl (C=O) groups is 2. The Morgan fingerprint density at radius 2 is 2.12 bits per heavy atom. The van der Waals surface area contributed by atoms with Crippen LogP contribution < -0.4 is 0 Å². The van der Waals surface area contributed by atoms with Gasteiger partial charge < -0.3 is 14.1 Å². The van der Waals surface area contributed by atoms with Crippen LogP contribution in [0.5, 0.6) is 0 Å². The summed E-state index contributed by atoms with van der Waals surface area (Å²) in [5, 5.41) is 0. The maximum absolute atomic E-state index is 13.0. The van der Waals surface area contributed by atoms with Crippen LogP contribution in [0.2, 0.25) is 0 Å². The molecule has 0 unspecified atom stereocenters. The number of rotatable bonds is 2. The molecule has 0 N–H and O–H groups in total. The molecule has 1 amide bonds. The molecule has 6 nitrogen and oxygen atoms in total. The Balaban J connectivity index is 1.63. The van der Waals surface area contributed by atoms with E-state index in [0.29, 0.717) is 30.1 Å². The number of amides is 1. The van der Waals surface area contributed by atoms with Crippen LogP contribution in [0.3, 0.4) is 0 Å². The molecule has 132 valence electrons. The first-order valence-electron chi connectivity index (χ1n) is 8.52. The summed E-state index contributed by atoms with van der Waals surface area (Å²) < 4.78 is 10.6. The van der Waals surface area contributed by atoms with E-state index in [9.17, 15) is 9.59 Å². The molecule has 2 aliphatic rings. The lowest BCUT2D eigenvalue weighted by molar-refractivity contribution is -0.174. The number of carbonyl (C=O) groups excluding carboxylic acids is 2. The van der Waals surface area contributed by atoms with Crippen molar-refractivity contribution in [3.8, 4) is 0 Å². The van der Waals surface area contributed by atoms with E-state index >= 15 is 0 Å². The predicted octanol–water partition coefficient (Wildman–Crippen LogP) is 2.80. The number of esters is 1. The number of nitrogens with zero attached hydrogens (tertiary/aromatic N) is 2. The molecule has 1 saturated heterocycles. The Morgan fingerprint density at radius 1 is 1.36 bits per heavy atom. The van der Waals surface area contributed by atoms with Crippen LogP contribution >= 0.6 is 0 Å². The van der Waals surface area contributed by atoms with Crippen molar-refractivity contribution in [3.05, 3.63) is 29.7 Å². The SMILES string of the molecule is COC(=O)[C@@]12CN(C(=O)c3ccc4nc(C)oc4c3)C[C@@H]1C(C)(C)C2. The number of oxazole rings is 1. The molecule has 0 bridgehead atoms. The largest absolute Gasteiger partial charge is 0.469 e. The standard InChI is InChI=1S/C19H22N2O4/c1-11-20-13-6-5-12(7-14(13)25-11)16(22)21-8-15-18(2,3)9-19(15,10-21)17(23)24-4/h5-7,15H,8-10H2,1-4H3/t15-,19+/m1/s1. The van der Waals surface area contributed by atoms with E-state index in [1.54, 1.807) is 30.0 Å². The number of benzene rings is 1. The lowest BCUT2D eigenvalue weighted by Crippen LogP contribution is -2.57. The Kier molecular flexibility index (Phi) is 3.27. The maximum Gasteiger partial charge on any atom is 0.314 e. The van der Waals surface area contributed by atoms with Crippen molar-refractivity contribution in [2.45, 2.75) is 27.2 Å². The number of likely N-dealkylation sites (tertiary alicyclic amines) is 1. The number of ether oxygens (including phenoxy) is 1. The van der Waals surface area contributed by atoms with Gasteiger partial charge in [0.2, 0.25) is 0 Å². The first-order valence-corrected chi connectivity index (χ1v) is 8.52. The highest BCUT2D eigenvalue weighted by atomic mass is 16.5. The van der Waals surface area contributed by atoms with Gasteiger partial charge in [-0.15, -0.1) is 0 Å². The fraction of sp³-hybridized carbons (Fsp3) is 0.526. The van der Waals surface area contributed by atoms with Crippen molar-refractivity contribution in [2.75, 3.05) is 20.2 Å². The van der Waals surface area contributed by atoms with Gasteiger partial charge in [-0.25, -0.2) is 4.98 Å². The second kappa shape index (κ2) is 5.07. The van der Waals surface area contributed by atoms with Crippen molar-refractivity contribution in [1.29, 1.82) is 0 Å². The van der Waals surface area contributed by atoms with Crippen LogP contribution in [0.15, 0.2) is 22.6 Å². The minimum absolute atomic E-state index is 0.0369. The van der Waals surface area contributed by atoms with Crippen LogP contribution in [0.4, 0.5) is 0 Å². The first-order chi connectivity index (χ1) is 11.8. The monoisotopic (exact) mass is 342 g/mol. The van der Waals surface area contributed by atoms with Crippen LogP contribution in [-0.4, -0.2) is 42.0 Å². The summed E-state index contributed by atoms with van der Waals surface area (Å²) in [6.45, 7) is 7.07. The number of fused-ring (bicyclic) bond motifs is 2. The zero-order valence-electron chi connectivity index (χ0n) is 15.0. The highest BCUT2D eigenvalue weighted by Gasteiger charge is 2.68. The summed E-state index contributed by atoms with van der Waals surface area (Å²) in [6.07, 6.45) is 0.751. The van der Waals surface area contributed by atoms with Gasteiger partial charge in [0, 0.05) is 25.6 Å². The van der Waals surface area contributed by atoms with Crippen molar-refractivity contribution in [3.63, 3.8) is 0 Å². The van der Waals surface area contributed by atoms with Crippen molar-refractivity contribution in [2.24, 2.45) is 16.7 Å². The highest BCUT2D eigenvalue weighted by Crippen LogP contribution is 2.63. The third kappa shape index (κ3) is 2.19. The Hall–Kier alpha value is -2.37. The second-order valence-electron chi connectivity index (χ2n) is 7.97. The molecule has 0 radical (unpaired) electrons. The second-order valence-corrected chi connectivity index (χ2v) is 7.97. The number of aromatic nitrogens is 1. The van der Waals surface area contributed by atoms with E-state index in [-0.39, 0.29) is 23.2 Å². The van der Waals surface area contributed by atoms with Gasteiger partial charge in [-0.1, -0.05) is 13.8 Å². The molecule has 1 aromatic heterocycles. The van der Waals surface area contributed by atoms with E-state index in [2.05, 4.69) is 18.8 Å². The Morgan fingerprint density at radius 3 is 2.80 bits per heavy atom. The summed E-state index contributed by atoms with van der Waals surface area (Å²) in [4.78, 5) is 31.4. The summed E-state index contributed by atoms with van der Waals surface area (Å²) >= 11 is 0. The van der Waals surface area contributed by atoms with E-state index < -0.39 is 5.41 Å². The van der Waals surface area contributed by atoms with E-state index in [4.69, 9.17) is 9.15 Å². The minimum Gasteiger partial charge on any atom is -0.469 e. The van der Waals surface area contributed by atoms with Crippen LogP contribution in [0.25, 0.3) is 11.1 Å². The molecule has 1 aromatic carbocycles. The van der Waals surface area contributed by atoms with E-state index in [1.807, 2.05) is 0 Å². The van der Waals surface area contributed by atoms with Gasteiger partial charge in [-0.2, -0.15) is 0 Å². The molecule has 1 aliphatic heterocycles. The number of aryl methyl sites for hydroxylation is 1.